The molecule has 4 rings (SSSR count). The molecule has 0 aliphatic heterocycles. The van der Waals surface area contributed by atoms with Gasteiger partial charge in [-0.3, -0.25) is 4.79 Å². The molecule has 1 N–H and O–H groups in total. The Hall–Kier alpha value is -4.18. The summed E-state index contributed by atoms with van der Waals surface area (Å²) in [4.78, 5) is 24.3. The van der Waals surface area contributed by atoms with Gasteiger partial charge in [-0.25, -0.2) is 10.2 Å². The molecule has 37 heavy (non-hydrogen) atoms. The van der Waals surface area contributed by atoms with E-state index in [0.717, 1.165) is 14.7 Å². The zero-order valence-electron chi connectivity index (χ0n) is 19.7. The van der Waals surface area contributed by atoms with Gasteiger partial charge in [0.2, 0.25) is 0 Å². The van der Waals surface area contributed by atoms with Gasteiger partial charge in [0.15, 0.2) is 6.61 Å². The van der Waals surface area contributed by atoms with Crippen LogP contribution in [0.1, 0.15) is 21.5 Å². The Balaban J connectivity index is 1.18. The Kier molecular flexibility index (Phi) is 9.25. The van der Waals surface area contributed by atoms with Crippen molar-refractivity contribution in [3.8, 4) is 17.2 Å². The molecule has 0 aromatic heterocycles. The van der Waals surface area contributed by atoms with Crippen LogP contribution in [0.5, 0.6) is 17.2 Å². The Labute approximate surface area is 228 Å². The third-order valence-electron chi connectivity index (χ3n) is 5.03. The van der Waals surface area contributed by atoms with E-state index in [1.807, 2.05) is 42.5 Å². The molecule has 0 aliphatic rings. The standard InChI is InChI=1S/C29H23IN2O5/c30-27-9-5-4-8-26(27)29(34)37-25-12-10-21(11-13-25)18-31-32-28(33)20-36-24-16-14-23(15-17-24)35-19-22-6-2-1-3-7-22/h1-18H,19-20H2,(H,32,33)/b31-18+. The van der Waals surface area contributed by atoms with Gasteiger partial charge < -0.3 is 14.2 Å². The molecule has 0 unspecified atom stereocenters. The van der Waals surface area contributed by atoms with Gasteiger partial charge in [-0.15, -0.1) is 0 Å². The van der Waals surface area contributed by atoms with E-state index in [9.17, 15) is 9.59 Å². The number of carbonyl (C=O) groups excluding carboxylic acids is 2. The average Bonchev–Trinajstić information content (AvgIpc) is 2.93. The number of hydrogen-bond acceptors (Lipinski definition) is 6. The lowest BCUT2D eigenvalue weighted by Gasteiger charge is -2.08. The summed E-state index contributed by atoms with van der Waals surface area (Å²) >= 11 is 2.09. The average molecular weight is 606 g/mol. The highest BCUT2D eigenvalue weighted by Crippen LogP contribution is 2.19. The van der Waals surface area contributed by atoms with Crippen LogP contribution in [-0.4, -0.2) is 24.7 Å². The highest BCUT2D eigenvalue weighted by molar-refractivity contribution is 14.1. The van der Waals surface area contributed by atoms with Crippen LogP contribution < -0.4 is 19.6 Å². The lowest BCUT2D eigenvalue weighted by atomic mass is 10.2. The SMILES string of the molecule is O=C(COc1ccc(OCc2ccccc2)cc1)N/N=C/c1ccc(OC(=O)c2ccccc2I)cc1. The van der Waals surface area contributed by atoms with E-state index in [0.29, 0.717) is 29.4 Å². The maximum atomic E-state index is 12.3. The number of hydrazone groups is 1. The van der Waals surface area contributed by atoms with Crippen LogP contribution in [0.2, 0.25) is 0 Å². The molecule has 0 bridgehead atoms. The Morgan fingerprint density at radius 2 is 1.38 bits per heavy atom. The van der Waals surface area contributed by atoms with E-state index in [4.69, 9.17) is 14.2 Å². The smallest absolute Gasteiger partial charge is 0.344 e. The van der Waals surface area contributed by atoms with E-state index < -0.39 is 11.9 Å². The molecule has 0 saturated heterocycles. The van der Waals surface area contributed by atoms with Crippen molar-refractivity contribution in [2.24, 2.45) is 5.10 Å². The molecule has 0 radical (unpaired) electrons. The highest BCUT2D eigenvalue weighted by Gasteiger charge is 2.11. The summed E-state index contributed by atoms with van der Waals surface area (Å²) in [5.74, 6) is 0.842. The van der Waals surface area contributed by atoms with Crippen LogP contribution in [0.25, 0.3) is 0 Å². The first-order valence-electron chi connectivity index (χ1n) is 11.3. The van der Waals surface area contributed by atoms with E-state index in [-0.39, 0.29) is 6.61 Å². The number of nitrogens with one attached hydrogen (secondary N) is 1. The molecule has 1 amide bonds. The maximum Gasteiger partial charge on any atom is 0.344 e. The molecule has 186 valence electrons. The van der Waals surface area contributed by atoms with Crippen molar-refractivity contribution >= 4 is 40.7 Å². The molecule has 4 aromatic rings. The minimum absolute atomic E-state index is 0.186. The topological polar surface area (TPSA) is 86.2 Å². The summed E-state index contributed by atoms with van der Waals surface area (Å²) in [6, 6.07) is 30.9. The molecule has 0 fully saturated rings. The number of ether oxygens (including phenoxy) is 3. The monoisotopic (exact) mass is 606 g/mol. The first kappa shape index (κ1) is 25.9. The van der Waals surface area contributed by atoms with Gasteiger partial charge in [-0.05, 0) is 94.4 Å². The Morgan fingerprint density at radius 3 is 2.08 bits per heavy atom. The largest absolute Gasteiger partial charge is 0.489 e. The second-order valence-corrected chi connectivity index (χ2v) is 8.93. The highest BCUT2D eigenvalue weighted by atomic mass is 127. The molecule has 0 aliphatic carbocycles. The van der Waals surface area contributed by atoms with E-state index in [1.165, 1.54) is 6.21 Å². The summed E-state index contributed by atoms with van der Waals surface area (Å²) in [6.07, 6.45) is 1.49. The van der Waals surface area contributed by atoms with Gasteiger partial charge in [0.25, 0.3) is 5.91 Å². The minimum atomic E-state index is -0.423. The quantitative estimate of drug-likeness (QED) is 0.0834. The van der Waals surface area contributed by atoms with Gasteiger partial charge >= 0.3 is 5.97 Å². The molecule has 4 aromatic carbocycles. The van der Waals surface area contributed by atoms with Crippen molar-refractivity contribution in [1.82, 2.24) is 5.43 Å². The summed E-state index contributed by atoms with van der Waals surface area (Å²) in [7, 11) is 0. The van der Waals surface area contributed by atoms with Gasteiger partial charge in [-0.1, -0.05) is 42.5 Å². The van der Waals surface area contributed by atoms with Crippen molar-refractivity contribution in [3.05, 3.63) is 123 Å². The predicted octanol–water partition coefficient (Wildman–Crippen LogP) is 5.62. The maximum absolute atomic E-state index is 12.3. The van der Waals surface area contributed by atoms with Gasteiger partial charge in [0.05, 0.1) is 11.8 Å². The van der Waals surface area contributed by atoms with Crippen molar-refractivity contribution < 1.29 is 23.8 Å². The molecule has 7 nitrogen and oxygen atoms in total. The molecular weight excluding hydrogens is 583 g/mol. The summed E-state index contributed by atoms with van der Waals surface area (Å²) in [5, 5.41) is 3.94. The normalized spacial score (nSPS) is 10.6. The van der Waals surface area contributed by atoms with Crippen LogP contribution in [-0.2, 0) is 11.4 Å². The zero-order valence-corrected chi connectivity index (χ0v) is 21.8. The van der Waals surface area contributed by atoms with Crippen LogP contribution in [0, 0.1) is 3.57 Å². The third kappa shape index (κ3) is 8.18. The zero-order chi connectivity index (χ0) is 25.9. The van der Waals surface area contributed by atoms with E-state index in [2.05, 4.69) is 33.1 Å². The summed E-state index contributed by atoms with van der Waals surface area (Å²) < 4.78 is 17.5. The number of benzene rings is 4. The van der Waals surface area contributed by atoms with Crippen LogP contribution >= 0.6 is 22.6 Å². The number of hydrogen-bond donors (Lipinski definition) is 1. The third-order valence-corrected chi connectivity index (χ3v) is 5.97. The number of carbonyl (C=O) groups is 2. The van der Waals surface area contributed by atoms with Crippen LogP contribution in [0.15, 0.2) is 108 Å². The minimum Gasteiger partial charge on any atom is -0.489 e. The van der Waals surface area contributed by atoms with Gasteiger partial charge in [0.1, 0.15) is 23.9 Å². The van der Waals surface area contributed by atoms with Crippen molar-refractivity contribution in [3.63, 3.8) is 0 Å². The Morgan fingerprint density at radius 1 is 0.757 bits per heavy atom. The number of amides is 1. The van der Waals surface area contributed by atoms with Gasteiger partial charge in [0, 0.05) is 3.57 Å². The second-order valence-electron chi connectivity index (χ2n) is 7.77. The van der Waals surface area contributed by atoms with Gasteiger partial charge in [-0.2, -0.15) is 5.10 Å². The van der Waals surface area contributed by atoms with Crippen molar-refractivity contribution in [1.29, 1.82) is 0 Å². The number of nitrogens with zero attached hydrogens (tertiary/aromatic N) is 1. The molecule has 0 saturated carbocycles. The van der Waals surface area contributed by atoms with E-state index >= 15 is 0 Å². The lowest BCUT2D eigenvalue weighted by Crippen LogP contribution is -2.24. The molecule has 8 heteroatoms. The number of halogens is 1. The first-order chi connectivity index (χ1) is 18.1. The summed E-state index contributed by atoms with van der Waals surface area (Å²) in [5.41, 5.74) is 4.73. The van der Waals surface area contributed by atoms with Crippen molar-refractivity contribution in [2.75, 3.05) is 6.61 Å². The summed E-state index contributed by atoms with van der Waals surface area (Å²) in [6.45, 7) is 0.289. The lowest BCUT2D eigenvalue weighted by molar-refractivity contribution is -0.123. The fourth-order valence-electron chi connectivity index (χ4n) is 3.14. The predicted molar refractivity (Wildman–Crippen MR) is 149 cm³/mol. The molecule has 0 spiro atoms. The van der Waals surface area contributed by atoms with Crippen LogP contribution in [0.3, 0.4) is 0 Å². The van der Waals surface area contributed by atoms with E-state index in [1.54, 1.807) is 60.7 Å². The molecular formula is C29H23IN2O5. The fourth-order valence-corrected chi connectivity index (χ4v) is 3.75. The first-order valence-corrected chi connectivity index (χ1v) is 12.4. The van der Waals surface area contributed by atoms with Crippen LogP contribution in [0.4, 0.5) is 0 Å². The second kappa shape index (κ2) is 13.2. The number of esters is 1. The Bertz CT molecular complexity index is 1360. The molecule has 0 heterocycles. The van der Waals surface area contributed by atoms with Crippen molar-refractivity contribution in [2.45, 2.75) is 6.61 Å². The fraction of sp³-hybridized carbons (Fsp3) is 0.0690. The number of rotatable bonds is 10. The molecule has 0 atom stereocenters.